The van der Waals surface area contributed by atoms with E-state index in [0.29, 0.717) is 66.6 Å². The lowest BCUT2D eigenvalue weighted by Crippen LogP contribution is -2.58. The van der Waals surface area contributed by atoms with Gasteiger partial charge in [-0.3, -0.25) is 14.5 Å². The summed E-state index contributed by atoms with van der Waals surface area (Å²) in [7, 11) is 0. The van der Waals surface area contributed by atoms with Crippen molar-refractivity contribution in [2.45, 2.75) is 64.1 Å². The van der Waals surface area contributed by atoms with Crippen LogP contribution in [0.1, 0.15) is 77.8 Å². The standard InChI is InChI=1S/C44H58N6O6S/c1-3-5-19-48(23-18-45-30-39(52)35-10-12-38(51)42-36(35)11-13-40(53)47-42)24-27-55-26-15-34-9-6-8-33(29-34)14-20-49-21-16-44(17-22-49)32-50(25-28-56-44)43(54)37-31-57-41(46-37)7-4-2/h6,8-13,29,31,39,45,51-52H,3,5,14-28,30,32H2,1-2H3,(H,47,53). The van der Waals surface area contributed by atoms with Crippen molar-refractivity contribution in [2.75, 3.05) is 85.3 Å². The molecule has 0 saturated carbocycles. The number of carbonyl (C=O) groups excluding carboxylic acids is 1. The number of morpholine rings is 1. The number of phenolic OH excluding ortho intramolecular Hbond substituents is 1. The molecule has 0 aliphatic carbocycles. The van der Waals surface area contributed by atoms with Crippen LogP contribution in [-0.2, 0) is 22.3 Å². The molecule has 2 aromatic heterocycles. The summed E-state index contributed by atoms with van der Waals surface area (Å²) >= 11 is 1.41. The number of nitrogens with one attached hydrogen (secondary N) is 2. The van der Waals surface area contributed by atoms with E-state index in [-0.39, 0.29) is 22.8 Å². The topological polar surface area (TPSA) is 143 Å². The average Bonchev–Trinajstić information content (AvgIpc) is 3.70. The number of nitrogens with zero attached hydrogens (tertiary/aromatic N) is 4. The number of amides is 1. The molecule has 1 atom stereocenters. The van der Waals surface area contributed by atoms with Crippen molar-refractivity contribution >= 4 is 28.1 Å². The predicted molar refractivity (Wildman–Crippen MR) is 225 cm³/mol. The van der Waals surface area contributed by atoms with Crippen LogP contribution in [0.3, 0.4) is 0 Å². The maximum absolute atomic E-state index is 13.2. The molecule has 4 N–H and O–H groups in total. The van der Waals surface area contributed by atoms with Gasteiger partial charge in [-0.1, -0.05) is 49.6 Å². The van der Waals surface area contributed by atoms with Gasteiger partial charge in [0.1, 0.15) is 11.4 Å². The third-order valence-electron chi connectivity index (χ3n) is 11.1. The molecule has 4 aromatic rings. The number of hydrogen-bond donors (Lipinski definition) is 4. The maximum atomic E-state index is 13.2. The number of benzene rings is 2. The Morgan fingerprint density at radius 1 is 1.11 bits per heavy atom. The number of H-pyrrole nitrogens is 1. The summed E-state index contributed by atoms with van der Waals surface area (Å²) in [5.74, 6) is 5.76. The second-order valence-electron chi connectivity index (χ2n) is 15.1. The number of ether oxygens (including phenoxy) is 2. The van der Waals surface area contributed by atoms with Gasteiger partial charge in [0.25, 0.3) is 5.91 Å². The van der Waals surface area contributed by atoms with Gasteiger partial charge in [-0.25, -0.2) is 4.98 Å². The zero-order valence-electron chi connectivity index (χ0n) is 33.4. The minimum atomic E-state index is -0.782. The van der Waals surface area contributed by atoms with Crippen molar-refractivity contribution in [3.8, 4) is 17.6 Å². The SMILES string of the molecule is CC#Cc1nc(C(=O)N2CCOC3(CCN(CCc4cccc(CCOCCN(CCCC)CCNCC(O)c5ccc(O)c6[nH]c(=O)ccc56)c4)CC3)C2)cs1. The summed E-state index contributed by atoms with van der Waals surface area (Å²) < 4.78 is 12.5. The van der Waals surface area contributed by atoms with Crippen LogP contribution in [-0.4, -0.2) is 132 Å². The van der Waals surface area contributed by atoms with Crippen molar-refractivity contribution in [3.05, 3.63) is 91.7 Å². The lowest BCUT2D eigenvalue weighted by Gasteiger charge is -2.47. The molecule has 4 heterocycles. The number of fused-ring (bicyclic) bond motifs is 1. The second-order valence-corrected chi connectivity index (χ2v) is 16.0. The molecule has 12 nitrogen and oxygen atoms in total. The molecule has 2 aromatic carbocycles. The monoisotopic (exact) mass is 798 g/mol. The highest BCUT2D eigenvalue weighted by Gasteiger charge is 2.41. The third kappa shape index (κ3) is 12.0. The number of hydrogen-bond acceptors (Lipinski definition) is 11. The number of rotatable bonds is 19. The Morgan fingerprint density at radius 2 is 1.93 bits per heavy atom. The van der Waals surface area contributed by atoms with Gasteiger partial charge < -0.3 is 39.8 Å². The van der Waals surface area contributed by atoms with Gasteiger partial charge >= 0.3 is 0 Å². The molecule has 0 radical (unpaired) electrons. The number of likely N-dealkylation sites (tertiary alicyclic amines) is 1. The quantitative estimate of drug-likeness (QED) is 0.0786. The van der Waals surface area contributed by atoms with Gasteiger partial charge in [0.2, 0.25) is 5.56 Å². The first kappa shape index (κ1) is 42.5. The summed E-state index contributed by atoms with van der Waals surface area (Å²) in [6.07, 6.45) is 5.14. The fourth-order valence-electron chi connectivity index (χ4n) is 7.77. The molecule has 1 spiro atoms. The smallest absolute Gasteiger partial charge is 0.273 e. The highest BCUT2D eigenvalue weighted by atomic mass is 32.1. The van der Waals surface area contributed by atoms with E-state index < -0.39 is 6.10 Å². The van der Waals surface area contributed by atoms with Crippen molar-refractivity contribution in [2.24, 2.45) is 0 Å². The van der Waals surface area contributed by atoms with Crippen LogP contribution < -0.4 is 10.9 Å². The zero-order chi connectivity index (χ0) is 40.0. The number of unbranched alkanes of at least 4 members (excludes halogenated alkanes) is 1. The second kappa shape index (κ2) is 21.0. The van der Waals surface area contributed by atoms with Gasteiger partial charge in [0, 0.05) is 69.2 Å². The van der Waals surface area contributed by atoms with E-state index in [9.17, 15) is 19.8 Å². The summed E-state index contributed by atoms with van der Waals surface area (Å²) in [4.78, 5) is 38.9. The van der Waals surface area contributed by atoms with E-state index >= 15 is 0 Å². The van der Waals surface area contributed by atoms with Gasteiger partial charge in [0.15, 0.2) is 5.01 Å². The maximum Gasteiger partial charge on any atom is 0.273 e. The number of aliphatic hydroxyl groups is 1. The Morgan fingerprint density at radius 3 is 2.74 bits per heavy atom. The fraction of sp³-hybridized carbons (Fsp3) is 0.523. The summed E-state index contributed by atoms with van der Waals surface area (Å²) in [5.41, 5.74) is 3.53. The molecule has 2 aliphatic heterocycles. The fourth-order valence-corrected chi connectivity index (χ4v) is 8.46. The molecule has 13 heteroatoms. The van der Waals surface area contributed by atoms with E-state index in [2.05, 4.69) is 68.1 Å². The molecule has 2 aliphatic rings. The number of aliphatic hydroxyl groups excluding tert-OH is 1. The van der Waals surface area contributed by atoms with Crippen molar-refractivity contribution < 1.29 is 24.5 Å². The first-order chi connectivity index (χ1) is 27.8. The van der Waals surface area contributed by atoms with Crippen LogP contribution in [0.15, 0.2) is 58.7 Å². The highest BCUT2D eigenvalue weighted by molar-refractivity contribution is 7.10. The van der Waals surface area contributed by atoms with Gasteiger partial charge in [-0.2, -0.15) is 0 Å². The van der Waals surface area contributed by atoms with Crippen molar-refractivity contribution in [1.29, 1.82) is 0 Å². The van der Waals surface area contributed by atoms with Crippen LogP contribution >= 0.6 is 11.3 Å². The Hall–Kier alpha value is -4.13. The number of thiazole rings is 1. The first-order valence-corrected chi connectivity index (χ1v) is 21.3. The minimum Gasteiger partial charge on any atom is -0.506 e. The van der Waals surface area contributed by atoms with Crippen LogP contribution in [0.2, 0.25) is 0 Å². The van der Waals surface area contributed by atoms with Crippen molar-refractivity contribution in [1.82, 2.24) is 30.0 Å². The summed E-state index contributed by atoms with van der Waals surface area (Å²) in [5, 5.41) is 27.6. The number of phenols is 1. The van der Waals surface area contributed by atoms with Crippen LogP contribution in [0.25, 0.3) is 10.9 Å². The third-order valence-corrected chi connectivity index (χ3v) is 11.8. The predicted octanol–water partition coefficient (Wildman–Crippen LogP) is 4.60. The van der Waals surface area contributed by atoms with Gasteiger partial charge in [0.05, 0.1) is 43.6 Å². The van der Waals surface area contributed by atoms with E-state index in [4.69, 9.17) is 9.47 Å². The normalized spacial score (nSPS) is 16.2. The molecular formula is C44H58N6O6S. The summed E-state index contributed by atoms with van der Waals surface area (Å²) in [6.45, 7) is 13.7. The van der Waals surface area contributed by atoms with E-state index in [1.165, 1.54) is 34.6 Å². The number of aromatic nitrogens is 2. The Kier molecular flexibility index (Phi) is 15.7. The molecule has 2 fully saturated rings. The van der Waals surface area contributed by atoms with Gasteiger partial charge in [-0.05, 0) is 80.3 Å². The molecule has 0 bridgehead atoms. The van der Waals surface area contributed by atoms with Crippen LogP contribution in [0.5, 0.6) is 5.75 Å². The average molecular weight is 799 g/mol. The molecule has 1 amide bonds. The Labute approximate surface area is 340 Å². The Balaban J connectivity index is 0.871. The number of piperidine rings is 1. The molecule has 2 saturated heterocycles. The number of aromatic amines is 1. The largest absolute Gasteiger partial charge is 0.506 e. The summed E-state index contributed by atoms with van der Waals surface area (Å²) in [6, 6.07) is 15.1. The molecule has 1 unspecified atom stereocenters. The Bertz CT molecular complexity index is 2030. The van der Waals surface area contributed by atoms with E-state index in [0.717, 1.165) is 84.3 Å². The van der Waals surface area contributed by atoms with E-state index in [1.54, 1.807) is 19.1 Å². The zero-order valence-corrected chi connectivity index (χ0v) is 34.2. The number of pyridine rings is 1. The molecule has 57 heavy (non-hydrogen) atoms. The van der Waals surface area contributed by atoms with Gasteiger partial charge in [-0.15, -0.1) is 11.3 Å². The minimum absolute atomic E-state index is 0.0159. The number of aromatic hydroxyl groups is 1. The number of carbonyl (C=O) groups is 1. The highest BCUT2D eigenvalue weighted by Crippen LogP contribution is 2.31. The van der Waals surface area contributed by atoms with Crippen LogP contribution in [0.4, 0.5) is 0 Å². The van der Waals surface area contributed by atoms with Crippen LogP contribution in [0, 0.1) is 11.8 Å². The molecule has 6 rings (SSSR count). The van der Waals surface area contributed by atoms with Crippen molar-refractivity contribution in [3.63, 3.8) is 0 Å². The lowest BCUT2D eigenvalue weighted by atomic mass is 9.89. The lowest BCUT2D eigenvalue weighted by molar-refractivity contribution is -0.127. The first-order valence-electron chi connectivity index (χ1n) is 20.4. The molecular weight excluding hydrogens is 741 g/mol. The van der Waals surface area contributed by atoms with E-state index in [1.807, 2.05) is 10.3 Å². The molecule has 306 valence electrons.